The first-order valence-corrected chi connectivity index (χ1v) is 9.13. The topological polar surface area (TPSA) is 67.3 Å². The van der Waals surface area contributed by atoms with Crippen LogP contribution < -0.4 is 15.0 Å². The molecule has 3 rings (SSSR count). The summed E-state index contributed by atoms with van der Waals surface area (Å²) in [6.07, 6.45) is 6.98. The summed E-state index contributed by atoms with van der Waals surface area (Å²) in [6.45, 7) is 6.64. The van der Waals surface area contributed by atoms with E-state index in [0.717, 1.165) is 42.1 Å². The SMILES string of the molecule is Cc1cccc(C)c1OCCNC(=O)[C@H]1CCCN(c2cnccn2)C1. The van der Waals surface area contributed by atoms with Crippen molar-refractivity contribution in [2.24, 2.45) is 5.92 Å². The van der Waals surface area contributed by atoms with E-state index in [1.165, 1.54) is 0 Å². The molecule has 0 saturated carbocycles. The molecule has 1 aromatic heterocycles. The van der Waals surface area contributed by atoms with Crippen LogP contribution in [0.3, 0.4) is 0 Å². The fourth-order valence-corrected chi connectivity index (χ4v) is 3.35. The number of piperidine rings is 1. The first kappa shape index (κ1) is 18.2. The van der Waals surface area contributed by atoms with Crippen LogP contribution in [0.25, 0.3) is 0 Å². The Kier molecular flexibility index (Phi) is 6.04. The van der Waals surface area contributed by atoms with Gasteiger partial charge in [-0.3, -0.25) is 9.78 Å². The Bertz CT molecular complexity index is 716. The van der Waals surface area contributed by atoms with Crippen molar-refractivity contribution in [1.82, 2.24) is 15.3 Å². The second-order valence-corrected chi connectivity index (χ2v) is 6.71. The van der Waals surface area contributed by atoms with E-state index in [-0.39, 0.29) is 11.8 Å². The Hall–Kier alpha value is -2.63. The van der Waals surface area contributed by atoms with Crippen molar-refractivity contribution in [1.29, 1.82) is 0 Å². The summed E-state index contributed by atoms with van der Waals surface area (Å²) in [7, 11) is 0. The van der Waals surface area contributed by atoms with E-state index in [4.69, 9.17) is 4.74 Å². The fourth-order valence-electron chi connectivity index (χ4n) is 3.35. The first-order valence-electron chi connectivity index (χ1n) is 9.13. The molecule has 0 radical (unpaired) electrons. The first-order chi connectivity index (χ1) is 12.6. The van der Waals surface area contributed by atoms with Gasteiger partial charge in [0.05, 0.1) is 18.7 Å². The number of carbonyl (C=O) groups excluding carboxylic acids is 1. The van der Waals surface area contributed by atoms with E-state index >= 15 is 0 Å². The van der Waals surface area contributed by atoms with E-state index < -0.39 is 0 Å². The smallest absolute Gasteiger partial charge is 0.225 e. The number of benzene rings is 1. The van der Waals surface area contributed by atoms with Gasteiger partial charge in [0.1, 0.15) is 18.2 Å². The van der Waals surface area contributed by atoms with Gasteiger partial charge in [-0.05, 0) is 37.8 Å². The van der Waals surface area contributed by atoms with Crippen molar-refractivity contribution in [2.75, 3.05) is 31.1 Å². The van der Waals surface area contributed by atoms with Gasteiger partial charge in [-0.15, -0.1) is 0 Å². The molecule has 1 atom stereocenters. The van der Waals surface area contributed by atoms with Crippen LogP contribution in [0.1, 0.15) is 24.0 Å². The summed E-state index contributed by atoms with van der Waals surface area (Å²) in [6, 6.07) is 6.08. The summed E-state index contributed by atoms with van der Waals surface area (Å²) in [4.78, 5) is 23.1. The minimum Gasteiger partial charge on any atom is -0.491 e. The number of aromatic nitrogens is 2. The molecule has 1 aliphatic heterocycles. The molecule has 0 aliphatic carbocycles. The number of anilines is 1. The van der Waals surface area contributed by atoms with E-state index in [0.29, 0.717) is 19.7 Å². The van der Waals surface area contributed by atoms with Crippen molar-refractivity contribution in [3.05, 3.63) is 47.9 Å². The van der Waals surface area contributed by atoms with Gasteiger partial charge in [0.25, 0.3) is 0 Å². The number of rotatable bonds is 6. The predicted octanol–water partition coefficient (Wildman–Crippen LogP) is 2.51. The van der Waals surface area contributed by atoms with Crippen LogP contribution in [0.2, 0.25) is 0 Å². The molecule has 138 valence electrons. The van der Waals surface area contributed by atoms with Crippen LogP contribution in [-0.4, -0.2) is 42.1 Å². The molecule has 2 heterocycles. The van der Waals surface area contributed by atoms with Crippen LogP contribution in [0.15, 0.2) is 36.8 Å². The lowest BCUT2D eigenvalue weighted by molar-refractivity contribution is -0.125. The van der Waals surface area contributed by atoms with E-state index in [9.17, 15) is 4.79 Å². The number of hydrogen-bond donors (Lipinski definition) is 1. The lowest BCUT2D eigenvalue weighted by Crippen LogP contribution is -2.44. The van der Waals surface area contributed by atoms with E-state index in [2.05, 4.69) is 20.2 Å². The molecule has 1 fully saturated rings. The standard InChI is InChI=1S/C20H26N4O2/c1-15-5-3-6-16(2)19(15)26-12-10-23-20(25)17-7-4-11-24(14-17)18-13-21-8-9-22-18/h3,5-6,8-9,13,17H,4,7,10-12,14H2,1-2H3,(H,23,25)/t17-/m0/s1. The maximum Gasteiger partial charge on any atom is 0.225 e. The zero-order chi connectivity index (χ0) is 18.4. The maximum absolute atomic E-state index is 12.5. The summed E-state index contributed by atoms with van der Waals surface area (Å²) in [5.41, 5.74) is 2.23. The van der Waals surface area contributed by atoms with Gasteiger partial charge < -0.3 is 15.0 Å². The molecular weight excluding hydrogens is 328 g/mol. The number of para-hydroxylation sites is 1. The van der Waals surface area contributed by atoms with Crippen LogP contribution in [0.4, 0.5) is 5.82 Å². The highest BCUT2D eigenvalue weighted by molar-refractivity contribution is 5.79. The highest BCUT2D eigenvalue weighted by Gasteiger charge is 2.26. The second kappa shape index (κ2) is 8.65. The maximum atomic E-state index is 12.5. The number of ether oxygens (including phenoxy) is 1. The molecule has 1 N–H and O–H groups in total. The van der Waals surface area contributed by atoms with Crippen molar-refractivity contribution in [3.8, 4) is 5.75 Å². The molecule has 1 amide bonds. The van der Waals surface area contributed by atoms with Crippen LogP contribution in [0.5, 0.6) is 5.75 Å². The number of nitrogens with zero attached hydrogens (tertiary/aromatic N) is 3. The van der Waals surface area contributed by atoms with Crippen LogP contribution in [0, 0.1) is 19.8 Å². The van der Waals surface area contributed by atoms with Crippen LogP contribution >= 0.6 is 0 Å². The normalized spacial score (nSPS) is 17.0. The van der Waals surface area contributed by atoms with E-state index in [1.54, 1.807) is 18.6 Å². The zero-order valence-electron chi connectivity index (χ0n) is 15.4. The summed E-state index contributed by atoms with van der Waals surface area (Å²) < 4.78 is 5.85. The van der Waals surface area contributed by atoms with Crippen molar-refractivity contribution in [3.63, 3.8) is 0 Å². The molecule has 6 nitrogen and oxygen atoms in total. The third kappa shape index (κ3) is 4.50. The Morgan fingerprint density at radius 3 is 2.85 bits per heavy atom. The number of aryl methyl sites for hydroxylation is 2. The molecule has 0 spiro atoms. The Morgan fingerprint density at radius 1 is 1.31 bits per heavy atom. The van der Waals surface area contributed by atoms with Gasteiger partial charge in [-0.25, -0.2) is 4.98 Å². The average Bonchev–Trinajstić information content (AvgIpc) is 2.67. The molecule has 1 aromatic carbocycles. The summed E-state index contributed by atoms with van der Waals surface area (Å²) in [5.74, 6) is 1.81. The largest absolute Gasteiger partial charge is 0.491 e. The highest BCUT2D eigenvalue weighted by Crippen LogP contribution is 2.22. The van der Waals surface area contributed by atoms with E-state index in [1.807, 2.05) is 32.0 Å². The Morgan fingerprint density at radius 2 is 2.12 bits per heavy atom. The van der Waals surface area contributed by atoms with Gasteiger partial charge in [0, 0.05) is 25.5 Å². The monoisotopic (exact) mass is 354 g/mol. The molecule has 0 bridgehead atoms. The average molecular weight is 354 g/mol. The van der Waals surface area contributed by atoms with Gasteiger partial charge in [0.2, 0.25) is 5.91 Å². The van der Waals surface area contributed by atoms with Crippen molar-refractivity contribution >= 4 is 11.7 Å². The van der Waals surface area contributed by atoms with Gasteiger partial charge in [-0.2, -0.15) is 0 Å². The minimum atomic E-state index is -0.0223. The van der Waals surface area contributed by atoms with Gasteiger partial charge in [-0.1, -0.05) is 18.2 Å². The number of carbonyl (C=O) groups is 1. The molecule has 1 aliphatic rings. The molecular formula is C20H26N4O2. The molecule has 2 aromatic rings. The third-order valence-corrected chi connectivity index (χ3v) is 4.72. The Balaban J connectivity index is 1.46. The molecule has 26 heavy (non-hydrogen) atoms. The lowest BCUT2D eigenvalue weighted by Gasteiger charge is -2.32. The lowest BCUT2D eigenvalue weighted by atomic mass is 9.97. The highest BCUT2D eigenvalue weighted by atomic mass is 16.5. The molecule has 1 saturated heterocycles. The number of nitrogens with one attached hydrogen (secondary N) is 1. The third-order valence-electron chi connectivity index (χ3n) is 4.72. The fraction of sp³-hybridized carbons (Fsp3) is 0.450. The van der Waals surface area contributed by atoms with Crippen molar-refractivity contribution < 1.29 is 9.53 Å². The quantitative estimate of drug-likeness (QED) is 0.808. The Labute approximate surface area is 154 Å². The predicted molar refractivity (Wildman–Crippen MR) is 101 cm³/mol. The minimum absolute atomic E-state index is 0.0223. The molecule has 6 heteroatoms. The summed E-state index contributed by atoms with van der Waals surface area (Å²) in [5, 5.41) is 3.01. The zero-order valence-corrected chi connectivity index (χ0v) is 15.4. The van der Waals surface area contributed by atoms with Gasteiger partial charge in [0.15, 0.2) is 0 Å². The van der Waals surface area contributed by atoms with Crippen molar-refractivity contribution in [2.45, 2.75) is 26.7 Å². The second-order valence-electron chi connectivity index (χ2n) is 6.71. The van der Waals surface area contributed by atoms with Gasteiger partial charge >= 0.3 is 0 Å². The molecule has 0 unspecified atom stereocenters. The number of amides is 1. The number of hydrogen-bond acceptors (Lipinski definition) is 5. The summed E-state index contributed by atoms with van der Waals surface area (Å²) >= 11 is 0. The van der Waals surface area contributed by atoms with Crippen LogP contribution in [-0.2, 0) is 4.79 Å².